The van der Waals surface area contributed by atoms with Crippen LogP contribution >= 0.6 is 0 Å². The van der Waals surface area contributed by atoms with Gasteiger partial charge < -0.3 is 4.74 Å². The minimum Gasteiger partial charge on any atom is -0.379 e. The van der Waals surface area contributed by atoms with E-state index in [0.29, 0.717) is 30.0 Å². The molecule has 2 heterocycles. The molecule has 2 aromatic rings. The summed E-state index contributed by atoms with van der Waals surface area (Å²) in [4.78, 5) is 6.55. The van der Waals surface area contributed by atoms with Crippen LogP contribution in [-0.2, 0) is 14.8 Å². The van der Waals surface area contributed by atoms with Crippen LogP contribution in [0, 0.1) is 0 Å². The standard InChI is InChI=1S/C16H21N3O3S/c1-13(12-19-7-9-22-10-8-19)18-23(20,21)16-4-2-3-14-11-17-6-5-15(14)16/h2-6,11,13,18H,7-10,12H2,1H3/t13-/m0/s1. The molecule has 1 aliphatic heterocycles. The highest BCUT2D eigenvalue weighted by Gasteiger charge is 2.22. The van der Waals surface area contributed by atoms with Gasteiger partial charge in [-0.1, -0.05) is 12.1 Å². The van der Waals surface area contributed by atoms with E-state index in [1.54, 1.807) is 30.6 Å². The van der Waals surface area contributed by atoms with E-state index in [-0.39, 0.29) is 6.04 Å². The highest BCUT2D eigenvalue weighted by molar-refractivity contribution is 7.89. The van der Waals surface area contributed by atoms with E-state index in [4.69, 9.17) is 4.74 Å². The van der Waals surface area contributed by atoms with Crippen molar-refractivity contribution in [1.82, 2.24) is 14.6 Å². The van der Waals surface area contributed by atoms with Crippen molar-refractivity contribution in [1.29, 1.82) is 0 Å². The summed E-state index contributed by atoms with van der Waals surface area (Å²) in [7, 11) is -3.57. The second-order valence-corrected chi connectivity index (χ2v) is 7.47. The second-order valence-electron chi connectivity index (χ2n) is 5.79. The first-order valence-corrected chi connectivity index (χ1v) is 9.20. The van der Waals surface area contributed by atoms with Crippen molar-refractivity contribution in [2.45, 2.75) is 17.9 Å². The fourth-order valence-corrected chi connectivity index (χ4v) is 4.33. The molecule has 0 bridgehead atoms. The lowest BCUT2D eigenvalue weighted by Crippen LogP contribution is -2.45. The quantitative estimate of drug-likeness (QED) is 0.890. The smallest absolute Gasteiger partial charge is 0.241 e. The molecule has 1 saturated heterocycles. The van der Waals surface area contributed by atoms with E-state index in [1.165, 1.54) is 0 Å². The van der Waals surface area contributed by atoms with Gasteiger partial charge in [-0.05, 0) is 19.1 Å². The lowest BCUT2D eigenvalue weighted by Gasteiger charge is -2.29. The average molecular weight is 335 g/mol. The Morgan fingerprint density at radius 1 is 1.30 bits per heavy atom. The predicted molar refractivity (Wildman–Crippen MR) is 88.8 cm³/mol. The largest absolute Gasteiger partial charge is 0.379 e. The van der Waals surface area contributed by atoms with Gasteiger partial charge in [0.15, 0.2) is 0 Å². The van der Waals surface area contributed by atoms with Crippen molar-refractivity contribution in [2.75, 3.05) is 32.8 Å². The number of nitrogens with zero attached hydrogens (tertiary/aromatic N) is 2. The number of benzene rings is 1. The number of pyridine rings is 1. The summed E-state index contributed by atoms with van der Waals surface area (Å²) in [6.07, 6.45) is 3.28. The predicted octanol–water partition coefficient (Wildman–Crippen LogP) is 1.23. The number of ether oxygens (including phenoxy) is 1. The van der Waals surface area contributed by atoms with Gasteiger partial charge in [-0.2, -0.15) is 0 Å². The van der Waals surface area contributed by atoms with Gasteiger partial charge in [0.1, 0.15) is 0 Å². The minimum atomic E-state index is -3.57. The van der Waals surface area contributed by atoms with E-state index < -0.39 is 10.0 Å². The molecule has 0 saturated carbocycles. The van der Waals surface area contributed by atoms with Crippen molar-refractivity contribution < 1.29 is 13.2 Å². The van der Waals surface area contributed by atoms with Gasteiger partial charge in [0.05, 0.1) is 18.1 Å². The summed E-state index contributed by atoms with van der Waals surface area (Å²) in [6, 6.07) is 6.79. The maximum Gasteiger partial charge on any atom is 0.241 e. The Morgan fingerprint density at radius 3 is 2.87 bits per heavy atom. The highest BCUT2D eigenvalue weighted by atomic mass is 32.2. The minimum absolute atomic E-state index is 0.171. The zero-order chi connectivity index (χ0) is 16.3. The molecule has 1 aliphatic rings. The van der Waals surface area contributed by atoms with Crippen LogP contribution in [0.4, 0.5) is 0 Å². The Balaban J connectivity index is 1.77. The monoisotopic (exact) mass is 335 g/mol. The van der Waals surface area contributed by atoms with Crippen LogP contribution in [0.3, 0.4) is 0 Å². The number of rotatable bonds is 5. The Labute approximate surface area is 136 Å². The summed E-state index contributed by atoms with van der Waals surface area (Å²) in [5.74, 6) is 0. The van der Waals surface area contributed by atoms with E-state index in [1.807, 2.05) is 13.0 Å². The summed E-state index contributed by atoms with van der Waals surface area (Å²) in [5.41, 5.74) is 0. The number of hydrogen-bond acceptors (Lipinski definition) is 5. The van der Waals surface area contributed by atoms with Crippen molar-refractivity contribution in [2.24, 2.45) is 0 Å². The Kier molecular flexibility index (Phi) is 4.91. The third-order valence-corrected chi connectivity index (χ3v) is 5.57. The number of aromatic nitrogens is 1. The number of sulfonamides is 1. The molecule has 1 atom stereocenters. The fraction of sp³-hybridized carbons (Fsp3) is 0.438. The van der Waals surface area contributed by atoms with Gasteiger partial charge in [-0.15, -0.1) is 0 Å². The van der Waals surface area contributed by atoms with Crippen molar-refractivity contribution in [3.05, 3.63) is 36.7 Å². The molecule has 1 N–H and O–H groups in total. The number of nitrogens with one attached hydrogen (secondary N) is 1. The Bertz CT molecular complexity index is 768. The molecular weight excluding hydrogens is 314 g/mol. The molecule has 0 aliphatic carbocycles. The van der Waals surface area contributed by atoms with E-state index in [0.717, 1.165) is 18.5 Å². The molecule has 0 unspecified atom stereocenters. The number of hydrogen-bond donors (Lipinski definition) is 1. The summed E-state index contributed by atoms with van der Waals surface area (Å²) < 4.78 is 33.5. The topological polar surface area (TPSA) is 71.5 Å². The number of morpholine rings is 1. The number of fused-ring (bicyclic) bond motifs is 1. The van der Waals surface area contributed by atoms with Crippen LogP contribution in [0.1, 0.15) is 6.92 Å². The normalized spacial score (nSPS) is 18.1. The molecule has 1 aromatic carbocycles. The summed E-state index contributed by atoms with van der Waals surface area (Å²) >= 11 is 0. The first-order chi connectivity index (χ1) is 11.1. The van der Waals surface area contributed by atoms with Crippen molar-refractivity contribution in [3.63, 3.8) is 0 Å². The average Bonchev–Trinajstić information content (AvgIpc) is 2.54. The van der Waals surface area contributed by atoms with Crippen LogP contribution in [-0.4, -0.2) is 57.2 Å². The molecule has 1 aromatic heterocycles. The van der Waals surface area contributed by atoms with Crippen LogP contribution in [0.15, 0.2) is 41.6 Å². The van der Waals surface area contributed by atoms with Gasteiger partial charge in [-0.25, -0.2) is 13.1 Å². The SMILES string of the molecule is C[C@@H](CN1CCOCC1)NS(=O)(=O)c1cccc2cnccc12. The van der Waals surface area contributed by atoms with Gasteiger partial charge in [-0.3, -0.25) is 9.88 Å². The summed E-state index contributed by atoms with van der Waals surface area (Å²) in [6.45, 7) is 5.65. The molecule has 0 radical (unpaired) electrons. The molecule has 6 nitrogen and oxygen atoms in total. The third kappa shape index (κ3) is 3.87. The molecule has 124 valence electrons. The van der Waals surface area contributed by atoms with Crippen LogP contribution in [0.5, 0.6) is 0 Å². The third-order valence-electron chi connectivity index (χ3n) is 3.92. The fourth-order valence-electron chi connectivity index (χ4n) is 2.86. The maximum absolute atomic E-state index is 12.7. The lowest BCUT2D eigenvalue weighted by molar-refractivity contribution is 0.0354. The van der Waals surface area contributed by atoms with Crippen LogP contribution in [0.2, 0.25) is 0 Å². The Morgan fingerprint density at radius 2 is 2.09 bits per heavy atom. The van der Waals surface area contributed by atoms with Crippen molar-refractivity contribution >= 4 is 20.8 Å². The molecule has 0 amide bonds. The van der Waals surface area contributed by atoms with Gasteiger partial charge in [0, 0.05) is 48.8 Å². The lowest BCUT2D eigenvalue weighted by atomic mass is 10.2. The zero-order valence-corrected chi connectivity index (χ0v) is 13.9. The summed E-state index contributed by atoms with van der Waals surface area (Å²) in [5, 5.41) is 1.50. The molecule has 0 spiro atoms. The molecule has 23 heavy (non-hydrogen) atoms. The maximum atomic E-state index is 12.7. The molecule has 7 heteroatoms. The first kappa shape index (κ1) is 16.3. The zero-order valence-electron chi connectivity index (χ0n) is 13.1. The van der Waals surface area contributed by atoms with E-state index in [2.05, 4.69) is 14.6 Å². The van der Waals surface area contributed by atoms with E-state index >= 15 is 0 Å². The van der Waals surface area contributed by atoms with Gasteiger partial charge >= 0.3 is 0 Å². The highest BCUT2D eigenvalue weighted by Crippen LogP contribution is 2.22. The first-order valence-electron chi connectivity index (χ1n) is 7.71. The van der Waals surface area contributed by atoms with Crippen LogP contribution < -0.4 is 4.72 Å². The second kappa shape index (κ2) is 6.92. The van der Waals surface area contributed by atoms with Gasteiger partial charge in [0.2, 0.25) is 10.0 Å². The van der Waals surface area contributed by atoms with Gasteiger partial charge in [0.25, 0.3) is 0 Å². The molecule has 1 fully saturated rings. The Hall–Kier alpha value is -1.54. The van der Waals surface area contributed by atoms with Crippen LogP contribution in [0.25, 0.3) is 10.8 Å². The molecule has 3 rings (SSSR count). The van der Waals surface area contributed by atoms with E-state index in [9.17, 15) is 8.42 Å². The molecular formula is C16H21N3O3S. The van der Waals surface area contributed by atoms with Crippen molar-refractivity contribution in [3.8, 4) is 0 Å².